The second-order valence-corrected chi connectivity index (χ2v) is 18.5. The predicted molar refractivity (Wildman–Crippen MR) is 203 cm³/mol. The van der Waals surface area contributed by atoms with Crippen LogP contribution in [-0.4, -0.2) is 70.5 Å². The van der Waals surface area contributed by atoms with Gasteiger partial charge in [0.1, 0.15) is 34.8 Å². The summed E-state index contributed by atoms with van der Waals surface area (Å²) in [5, 5.41) is 7.30. The summed E-state index contributed by atoms with van der Waals surface area (Å²) in [6, 6.07) is 12.1. The number of halogens is 1. The zero-order valence-electron chi connectivity index (χ0n) is 30.8. The molecule has 3 fully saturated rings. The molecule has 3 aliphatic heterocycles. The van der Waals surface area contributed by atoms with E-state index in [0.29, 0.717) is 50.0 Å². The van der Waals surface area contributed by atoms with Gasteiger partial charge in [-0.3, -0.25) is 19.1 Å². The number of carbonyl (C=O) groups is 3. The van der Waals surface area contributed by atoms with Gasteiger partial charge >= 0.3 is 0 Å². The molecule has 2 saturated carbocycles. The second kappa shape index (κ2) is 13.6. The minimum absolute atomic E-state index is 0.117. The Balaban J connectivity index is 1.16. The molecule has 1 spiro atoms. The maximum absolute atomic E-state index is 14.8. The number of nitrogens with one attached hydrogen (secondary N) is 3. The third-order valence-corrected chi connectivity index (χ3v) is 14.7. The van der Waals surface area contributed by atoms with Gasteiger partial charge in [-0.2, -0.15) is 0 Å². The highest BCUT2D eigenvalue weighted by molar-refractivity contribution is 7.91. The molecule has 54 heavy (non-hydrogen) atoms. The molecule has 1 saturated heterocycles. The number of sulfonamides is 1. The van der Waals surface area contributed by atoms with Crippen molar-refractivity contribution in [1.29, 1.82) is 0 Å². The third kappa shape index (κ3) is 6.51. The number of nitrogens with zero attached hydrogens (tertiary/aromatic N) is 2. The highest BCUT2D eigenvalue weighted by atomic mass is 32.2. The molecule has 286 valence electrons. The van der Waals surface area contributed by atoms with Gasteiger partial charge in [0.15, 0.2) is 0 Å². The van der Waals surface area contributed by atoms with E-state index in [1.54, 1.807) is 24.0 Å². The van der Waals surface area contributed by atoms with Crippen molar-refractivity contribution < 1.29 is 31.9 Å². The van der Waals surface area contributed by atoms with E-state index in [2.05, 4.69) is 15.4 Å². The van der Waals surface area contributed by atoms with Crippen LogP contribution in [0.1, 0.15) is 88.8 Å². The zero-order valence-corrected chi connectivity index (χ0v) is 31.6. The smallest absolute Gasteiger partial charge is 0.259 e. The summed E-state index contributed by atoms with van der Waals surface area (Å²) in [5.74, 6) is -1.80. The van der Waals surface area contributed by atoms with Crippen molar-refractivity contribution in [3.63, 3.8) is 0 Å². The van der Waals surface area contributed by atoms with E-state index in [4.69, 9.17) is 9.72 Å². The van der Waals surface area contributed by atoms with Crippen molar-refractivity contribution in [3.05, 3.63) is 77.8 Å². The first-order valence-corrected chi connectivity index (χ1v) is 20.8. The van der Waals surface area contributed by atoms with Crippen molar-refractivity contribution in [2.24, 2.45) is 5.92 Å². The predicted octanol–water partition coefficient (Wildman–Crippen LogP) is 5.61. The number of fused-ring (bicyclic) bond motifs is 5. The Morgan fingerprint density at radius 3 is 2.61 bits per heavy atom. The average Bonchev–Trinajstić information content (AvgIpc) is 3.80. The largest absolute Gasteiger partial charge is 0.483 e. The minimum Gasteiger partial charge on any atom is -0.483 e. The Hall–Kier alpha value is -4.52. The maximum Gasteiger partial charge on any atom is 0.259 e. The molecule has 0 bridgehead atoms. The number of aromatic nitrogens is 1. The molecule has 3 aromatic rings. The molecule has 2 aromatic carbocycles. The Labute approximate surface area is 315 Å². The van der Waals surface area contributed by atoms with Gasteiger partial charge in [0.25, 0.3) is 5.91 Å². The topological polar surface area (TPSA) is 147 Å². The lowest BCUT2D eigenvalue weighted by Gasteiger charge is -2.48. The first kappa shape index (κ1) is 36.5. The van der Waals surface area contributed by atoms with Crippen LogP contribution in [0, 0.1) is 18.7 Å². The first-order chi connectivity index (χ1) is 25.8. The Kier molecular flexibility index (Phi) is 9.22. The van der Waals surface area contributed by atoms with Crippen LogP contribution in [0.25, 0.3) is 10.9 Å². The van der Waals surface area contributed by atoms with Gasteiger partial charge in [-0.15, -0.1) is 0 Å². The van der Waals surface area contributed by atoms with E-state index in [-0.39, 0.29) is 25.3 Å². The summed E-state index contributed by atoms with van der Waals surface area (Å²) in [4.78, 5) is 50.1. The molecular formula is C41H48FN5O6S. The van der Waals surface area contributed by atoms with Crippen LogP contribution < -0.4 is 20.1 Å². The van der Waals surface area contributed by atoms with E-state index in [0.717, 1.165) is 47.8 Å². The van der Waals surface area contributed by atoms with Crippen molar-refractivity contribution in [3.8, 4) is 5.75 Å². The van der Waals surface area contributed by atoms with Gasteiger partial charge in [-0.25, -0.2) is 17.8 Å². The SMILES string of the molecule is Cc1nc2ccccc2c2c1O[C@]1(CC2)C[C@H]2C(=O)N[C@]3(C(=O)NS(=O)(=O)C4(C)CC4)CC[C@H]3/C=C\CCCCC[C@H](Nc3cccc(F)c3)C(=O)N2C1. The lowest BCUT2D eigenvalue weighted by Crippen LogP contribution is -2.70. The second-order valence-electron chi connectivity index (χ2n) is 16.3. The lowest BCUT2D eigenvalue weighted by atomic mass is 9.65. The number of rotatable bonds is 5. The highest BCUT2D eigenvalue weighted by Gasteiger charge is 2.59. The summed E-state index contributed by atoms with van der Waals surface area (Å²) in [5.41, 5.74) is 0.665. The molecule has 13 heteroatoms. The van der Waals surface area contributed by atoms with Crippen LogP contribution >= 0.6 is 0 Å². The summed E-state index contributed by atoms with van der Waals surface area (Å²) in [6.07, 6.45) is 10.6. The van der Waals surface area contributed by atoms with E-state index in [9.17, 15) is 27.2 Å². The van der Waals surface area contributed by atoms with Gasteiger partial charge in [0.2, 0.25) is 21.8 Å². The Morgan fingerprint density at radius 1 is 1.04 bits per heavy atom. The Morgan fingerprint density at radius 2 is 1.85 bits per heavy atom. The summed E-state index contributed by atoms with van der Waals surface area (Å²) >= 11 is 0. The number of hydrogen-bond donors (Lipinski definition) is 3. The van der Waals surface area contributed by atoms with Crippen LogP contribution in [-0.2, 0) is 30.8 Å². The fraction of sp³-hybridized carbons (Fsp3) is 0.512. The average molecular weight is 758 g/mol. The van der Waals surface area contributed by atoms with Crippen LogP contribution in [0.5, 0.6) is 5.75 Å². The molecule has 3 amide bonds. The number of allylic oxidation sites excluding steroid dienone is 1. The molecule has 3 N–H and O–H groups in total. The van der Waals surface area contributed by atoms with Crippen LogP contribution in [0.15, 0.2) is 60.7 Å². The number of amides is 3. The van der Waals surface area contributed by atoms with E-state index >= 15 is 0 Å². The van der Waals surface area contributed by atoms with Crippen molar-refractivity contribution >= 4 is 44.3 Å². The number of benzene rings is 2. The van der Waals surface area contributed by atoms with Gasteiger partial charge in [0, 0.05) is 29.0 Å². The van der Waals surface area contributed by atoms with Gasteiger partial charge in [-0.1, -0.05) is 49.3 Å². The maximum atomic E-state index is 14.8. The number of aryl methyl sites for hydroxylation is 2. The summed E-state index contributed by atoms with van der Waals surface area (Å²) in [7, 11) is -3.98. The third-order valence-electron chi connectivity index (χ3n) is 12.5. The molecular weight excluding hydrogens is 710 g/mol. The van der Waals surface area contributed by atoms with Crippen molar-refractivity contribution in [1.82, 2.24) is 19.9 Å². The zero-order chi connectivity index (χ0) is 37.9. The molecule has 8 rings (SSSR count). The molecule has 5 atom stereocenters. The van der Waals surface area contributed by atoms with E-state index < -0.39 is 61.5 Å². The van der Waals surface area contributed by atoms with Gasteiger partial charge in [0.05, 0.1) is 22.5 Å². The highest BCUT2D eigenvalue weighted by Crippen LogP contribution is 2.47. The van der Waals surface area contributed by atoms with Gasteiger partial charge < -0.3 is 20.3 Å². The number of hydrogen-bond acceptors (Lipinski definition) is 8. The minimum atomic E-state index is -3.98. The lowest BCUT2D eigenvalue weighted by molar-refractivity contribution is -0.144. The number of pyridine rings is 1. The van der Waals surface area contributed by atoms with Crippen LogP contribution in [0.3, 0.4) is 0 Å². The van der Waals surface area contributed by atoms with Crippen LogP contribution in [0.4, 0.5) is 10.1 Å². The van der Waals surface area contributed by atoms with Gasteiger partial charge in [-0.05, 0) is 95.9 Å². The van der Waals surface area contributed by atoms with Crippen molar-refractivity contribution in [2.45, 2.75) is 119 Å². The summed E-state index contributed by atoms with van der Waals surface area (Å²) < 4.78 is 49.1. The Bertz CT molecular complexity index is 2160. The number of anilines is 1. The molecule has 4 heterocycles. The molecule has 0 radical (unpaired) electrons. The fourth-order valence-electron chi connectivity index (χ4n) is 8.79. The molecule has 0 unspecified atom stereocenters. The summed E-state index contributed by atoms with van der Waals surface area (Å²) in [6.45, 7) is 3.63. The normalized spacial score (nSPS) is 30.0. The molecule has 2 aliphatic carbocycles. The van der Waals surface area contributed by atoms with Crippen molar-refractivity contribution in [2.75, 3.05) is 11.9 Å². The quantitative estimate of drug-likeness (QED) is 0.285. The molecule has 1 aromatic heterocycles. The standard InChI is InChI=1S/C41H48FN5O6S/c1-26-35-31(30-14-8-9-15-32(30)43-26)18-19-40(53-35)24-34-36(48)45-41(38(50)46-54(51,52)39(2)21-22-39)20-17-27(41)11-6-4-3-5-7-16-33(37(49)47(34)25-40)44-29-13-10-12-28(42)23-29/h6,8-15,23,27,33-34,44H,3-5,7,16-22,24-25H2,1-2H3,(H,45,48)(H,46,50)/b11-6-/t27-,33+,34+,40-,41-/m1/s1. The monoisotopic (exact) mass is 757 g/mol. The number of carbonyl (C=O) groups excluding carboxylic acids is 3. The molecule has 5 aliphatic rings. The fourth-order valence-corrected chi connectivity index (χ4v) is 10.1. The molecule has 11 nitrogen and oxygen atoms in total. The number of ether oxygens (including phenoxy) is 1. The number of para-hydroxylation sites is 1. The van der Waals surface area contributed by atoms with E-state index in [1.165, 1.54) is 12.1 Å². The first-order valence-electron chi connectivity index (χ1n) is 19.3. The van der Waals surface area contributed by atoms with E-state index in [1.807, 2.05) is 43.3 Å². The van der Waals surface area contributed by atoms with Crippen LogP contribution in [0.2, 0.25) is 0 Å².